The molecule has 0 saturated carbocycles. The van der Waals surface area contributed by atoms with Crippen LogP contribution in [-0.2, 0) is 13.0 Å². The van der Waals surface area contributed by atoms with E-state index >= 15 is 0 Å². The number of aliphatic hydroxyl groups excluding tert-OH is 1. The van der Waals surface area contributed by atoms with Gasteiger partial charge in [0, 0.05) is 18.5 Å². The maximum atomic E-state index is 13.1. The molecule has 2 atom stereocenters. The first kappa shape index (κ1) is 14.7. The molecule has 1 aromatic carbocycles. The Hall–Kier alpha value is -1.72. The molecule has 0 bridgehead atoms. The van der Waals surface area contributed by atoms with Crippen molar-refractivity contribution in [1.29, 1.82) is 0 Å². The van der Waals surface area contributed by atoms with Crippen LogP contribution in [0.15, 0.2) is 41.0 Å². The maximum Gasteiger partial charge on any atom is 0.126 e. The highest BCUT2D eigenvalue weighted by atomic mass is 19.1. The zero-order chi connectivity index (χ0) is 14.5. The molecule has 1 heterocycles. The van der Waals surface area contributed by atoms with Crippen LogP contribution in [0.2, 0.25) is 0 Å². The standard InChI is InChI=1S/C15H17F2NO2/c1-10(18-9-14-3-2-4-20-14)15(19)7-11-5-12(16)8-13(17)6-11/h2-6,8,10,15,18-19H,7,9H2,1H3. The highest BCUT2D eigenvalue weighted by Gasteiger charge is 2.15. The number of hydrogen-bond donors (Lipinski definition) is 2. The summed E-state index contributed by atoms with van der Waals surface area (Å²) in [6, 6.07) is 6.65. The predicted molar refractivity (Wildman–Crippen MR) is 71.1 cm³/mol. The summed E-state index contributed by atoms with van der Waals surface area (Å²) in [6.45, 7) is 2.30. The summed E-state index contributed by atoms with van der Waals surface area (Å²) in [5.74, 6) is -0.507. The number of rotatable bonds is 6. The molecule has 5 heteroatoms. The van der Waals surface area contributed by atoms with Crippen molar-refractivity contribution in [2.45, 2.75) is 32.0 Å². The molecule has 2 N–H and O–H groups in total. The summed E-state index contributed by atoms with van der Waals surface area (Å²) in [5, 5.41) is 13.1. The molecule has 20 heavy (non-hydrogen) atoms. The average molecular weight is 281 g/mol. The predicted octanol–water partition coefficient (Wildman–Crippen LogP) is 2.64. The zero-order valence-corrected chi connectivity index (χ0v) is 11.1. The normalized spacial score (nSPS) is 14.2. The van der Waals surface area contributed by atoms with E-state index in [0.29, 0.717) is 12.1 Å². The number of halogens is 2. The Morgan fingerprint density at radius 2 is 1.95 bits per heavy atom. The van der Waals surface area contributed by atoms with Crippen LogP contribution in [0.3, 0.4) is 0 Å². The summed E-state index contributed by atoms with van der Waals surface area (Å²) in [7, 11) is 0. The molecule has 108 valence electrons. The van der Waals surface area contributed by atoms with Crippen LogP contribution < -0.4 is 5.32 Å². The Morgan fingerprint density at radius 3 is 2.55 bits per heavy atom. The van der Waals surface area contributed by atoms with Crippen LogP contribution in [-0.4, -0.2) is 17.3 Å². The van der Waals surface area contributed by atoms with Crippen LogP contribution in [0.4, 0.5) is 8.78 Å². The van der Waals surface area contributed by atoms with Gasteiger partial charge in [-0.3, -0.25) is 0 Å². The van der Waals surface area contributed by atoms with E-state index in [1.807, 2.05) is 13.0 Å². The van der Waals surface area contributed by atoms with Gasteiger partial charge >= 0.3 is 0 Å². The van der Waals surface area contributed by atoms with Crippen LogP contribution in [0.1, 0.15) is 18.2 Å². The second-order valence-electron chi connectivity index (χ2n) is 4.80. The van der Waals surface area contributed by atoms with Gasteiger partial charge in [0.05, 0.1) is 18.9 Å². The third-order valence-corrected chi connectivity index (χ3v) is 3.12. The van der Waals surface area contributed by atoms with Gasteiger partial charge < -0.3 is 14.8 Å². The molecule has 0 radical (unpaired) electrons. The first-order valence-corrected chi connectivity index (χ1v) is 6.43. The summed E-state index contributed by atoms with van der Waals surface area (Å²) in [6.07, 6.45) is 1.01. The lowest BCUT2D eigenvalue weighted by Gasteiger charge is -2.20. The van der Waals surface area contributed by atoms with E-state index in [1.165, 1.54) is 12.1 Å². The van der Waals surface area contributed by atoms with Crippen molar-refractivity contribution in [1.82, 2.24) is 5.32 Å². The van der Waals surface area contributed by atoms with E-state index in [0.717, 1.165) is 11.8 Å². The third-order valence-electron chi connectivity index (χ3n) is 3.12. The van der Waals surface area contributed by atoms with E-state index in [-0.39, 0.29) is 12.5 Å². The summed E-state index contributed by atoms with van der Waals surface area (Å²) in [4.78, 5) is 0. The lowest BCUT2D eigenvalue weighted by Crippen LogP contribution is -2.38. The number of benzene rings is 1. The fourth-order valence-corrected chi connectivity index (χ4v) is 1.96. The molecule has 0 spiro atoms. The minimum atomic E-state index is -0.744. The maximum absolute atomic E-state index is 13.1. The molecule has 2 aromatic rings. The minimum absolute atomic E-state index is 0.182. The molecule has 0 fully saturated rings. The topological polar surface area (TPSA) is 45.4 Å². The van der Waals surface area contributed by atoms with Crippen LogP contribution >= 0.6 is 0 Å². The van der Waals surface area contributed by atoms with Crippen molar-refractivity contribution in [3.63, 3.8) is 0 Å². The van der Waals surface area contributed by atoms with E-state index in [9.17, 15) is 13.9 Å². The Labute approximate surface area is 116 Å². The summed E-state index contributed by atoms with van der Waals surface area (Å²) < 4.78 is 31.3. The van der Waals surface area contributed by atoms with E-state index in [4.69, 9.17) is 4.42 Å². The lowest BCUT2D eigenvalue weighted by molar-refractivity contribution is 0.132. The highest BCUT2D eigenvalue weighted by Crippen LogP contribution is 2.12. The molecular formula is C15H17F2NO2. The van der Waals surface area contributed by atoms with Crippen molar-refractivity contribution in [2.75, 3.05) is 0 Å². The quantitative estimate of drug-likeness (QED) is 0.855. The molecule has 1 aromatic heterocycles. The summed E-state index contributed by atoms with van der Waals surface area (Å²) >= 11 is 0. The van der Waals surface area contributed by atoms with Gasteiger partial charge in [0.2, 0.25) is 0 Å². The van der Waals surface area contributed by atoms with Crippen molar-refractivity contribution in [3.05, 3.63) is 59.6 Å². The number of hydrogen-bond acceptors (Lipinski definition) is 3. The first-order valence-electron chi connectivity index (χ1n) is 6.43. The Morgan fingerprint density at radius 1 is 1.25 bits per heavy atom. The molecule has 0 amide bonds. The fourth-order valence-electron chi connectivity index (χ4n) is 1.96. The van der Waals surface area contributed by atoms with Gasteiger partial charge in [-0.2, -0.15) is 0 Å². The van der Waals surface area contributed by atoms with Crippen LogP contribution in [0, 0.1) is 11.6 Å². The number of aliphatic hydroxyl groups is 1. The van der Waals surface area contributed by atoms with E-state index < -0.39 is 17.7 Å². The number of nitrogens with one attached hydrogen (secondary N) is 1. The average Bonchev–Trinajstić information content (AvgIpc) is 2.87. The largest absolute Gasteiger partial charge is 0.468 e. The van der Waals surface area contributed by atoms with Crippen molar-refractivity contribution < 1.29 is 18.3 Å². The second-order valence-corrected chi connectivity index (χ2v) is 4.80. The van der Waals surface area contributed by atoms with Gasteiger partial charge in [0.25, 0.3) is 0 Å². The minimum Gasteiger partial charge on any atom is -0.468 e. The third kappa shape index (κ3) is 4.15. The van der Waals surface area contributed by atoms with E-state index in [2.05, 4.69) is 5.32 Å². The van der Waals surface area contributed by atoms with Crippen LogP contribution in [0.5, 0.6) is 0 Å². The molecular weight excluding hydrogens is 264 g/mol. The van der Waals surface area contributed by atoms with Gasteiger partial charge in [-0.15, -0.1) is 0 Å². The highest BCUT2D eigenvalue weighted by molar-refractivity contribution is 5.19. The van der Waals surface area contributed by atoms with Crippen LogP contribution in [0.25, 0.3) is 0 Å². The molecule has 2 unspecified atom stereocenters. The number of furan rings is 1. The Bertz CT molecular complexity index is 523. The second kappa shape index (κ2) is 6.63. The molecule has 0 saturated heterocycles. The molecule has 2 rings (SSSR count). The Kier molecular flexibility index (Phi) is 4.87. The summed E-state index contributed by atoms with van der Waals surface area (Å²) in [5.41, 5.74) is 0.432. The van der Waals surface area contributed by atoms with Gasteiger partial charge in [-0.05, 0) is 36.8 Å². The SMILES string of the molecule is CC(NCc1ccco1)C(O)Cc1cc(F)cc(F)c1. The monoisotopic (exact) mass is 281 g/mol. The van der Waals surface area contributed by atoms with Gasteiger partial charge in [0.1, 0.15) is 17.4 Å². The zero-order valence-electron chi connectivity index (χ0n) is 11.1. The van der Waals surface area contributed by atoms with E-state index in [1.54, 1.807) is 12.3 Å². The van der Waals surface area contributed by atoms with Gasteiger partial charge in [-0.1, -0.05) is 0 Å². The molecule has 0 aliphatic heterocycles. The molecule has 0 aliphatic rings. The Balaban J connectivity index is 1.88. The smallest absolute Gasteiger partial charge is 0.126 e. The van der Waals surface area contributed by atoms with Crippen molar-refractivity contribution >= 4 is 0 Å². The molecule has 3 nitrogen and oxygen atoms in total. The lowest BCUT2D eigenvalue weighted by atomic mass is 10.0. The van der Waals surface area contributed by atoms with Gasteiger partial charge in [0.15, 0.2) is 0 Å². The van der Waals surface area contributed by atoms with Crippen molar-refractivity contribution in [2.24, 2.45) is 0 Å². The van der Waals surface area contributed by atoms with Crippen molar-refractivity contribution in [3.8, 4) is 0 Å². The fraction of sp³-hybridized carbons (Fsp3) is 0.333. The van der Waals surface area contributed by atoms with Gasteiger partial charge in [-0.25, -0.2) is 8.78 Å². The first-order chi connectivity index (χ1) is 9.54. The molecule has 0 aliphatic carbocycles.